The van der Waals surface area contributed by atoms with Crippen LogP contribution in [-0.2, 0) is 0 Å². The molecule has 1 aliphatic heterocycles. The van der Waals surface area contributed by atoms with Crippen LogP contribution in [0.1, 0.15) is 37.3 Å². The van der Waals surface area contributed by atoms with Crippen LogP contribution in [0.4, 0.5) is 5.69 Å². The number of nitrogens with one attached hydrogen (secondary N) is 1. The van der Waals surface area contributed by atoms with Crippen molar-refractivity contribution in [2.75, 3.05) is 25.0 Å². The van der Waals surface area contributed by atoms with E-state index in [9.17, 15) is 0 Å². The van der Waals surface area contributed by atoms with Crippen LogP contribution in [-0.4, -0.2) is 35.6 Å². The number of benzene rings is 1. The van der Waals surface area contributed by atoms with E-state index in [2.05, 4.69) is 36.2 Å². The largest absolute Gasteiger partial charge is 0.389 e. The predicted octanol–water partition coefficient (Wildman–Crippen LogP) is 2.92. The van der Waals surface area contributed by atoms with Crippen molar-refractivity contribution in [3.63, 3.8) is 0 Å². The topological polar surface area (TPSA) is 41.3 Å². The van der Waals surface area contributed by atoms with E-state index in [0.29, 0.717) is 11.0 Å². The summed E-state index contributed by atoms with van der Waals surface area (Å²) in [5.41, 5.74) is 9.00. The third kappa shape index (κ3) is 3.93. The summed E-state index contributed by atoms with van der Waals surface area (Å²) >= 11 is 5.04. The highest BCUT2D eigenvalue weighted by Crippen LogP contribution is 2.19. The van der Waals surface area contributed by atoms with Crippen molar-refractivity contribution in [1.82, 2.24) is 4.90 Å². The van der Waals surface area contributed by atoms with Gasteiger partial charge in [-0.15, -0.1) is 0 Å². The fourth-order valence-electron chi connectivity index (χ4n) is 2.88. The summed E-state index contributed by atoms with van der Waals surface area (Å²) in [5, 5.41) is 3.64. The summed E-state index contributed by atoms with van der Waals surface area (Å²) in [6.45, 7) is 7.94. The average Bonchev–Trinajstić information content (AvgIpc) is 2.41. The maximum Gasteiger partial charge on any atom is 0.104 e. The van der Waals surface area contributed by atoms with E-state index in [1.165, 1.54) is 44.6 Å². The highest BCUT2D eigenvalue weighted by atomic mass is 32.1. The molecule has 1 saturated heterocycles. The number of likely N-dealkylation sites (tertiary alicyclic amines) is 1. The summed E-state index contributed by atoms with van der Waals surface area (Å²) < 4.78 is 0. The van der Waals surface area contributed by atoms with Crippen LogP contribution in [0.15, 0.2) is 18.2 Å². The number of piperidine rings is 1. The number of nitrogens with zero attached hydrogens (tertiary/aromatic N) is 1. The molecule has 4 heteroatoms. The first-order valence-corrected chi connectivity index (χ1v) is 7.90. The molecule has 0 aromatic heterocycles. The summed E-state index contributed by atoms with van der Waals surface area (Å²) in [6.07, 6.45) is 3.68. The lowest BCUT2D eigenvalue weighted by atomic mass is 10.0. The Balaban J connectivity index is 1.91. The van der Waals surface area contributed by atoms with E-state index in [1.54, 1.807) is 0 Å². The van der Waals surface area contributed by atoms with Crippen LogP contribution < -0.4 is 11.1 Å². The Morgan fingerprint density at radius 2 is 2.10 bits per heavy atom. The van der Waals surface area contributed by atoms with Crippen molar-refractivity contribution in [1.29, 1.82) is 0 Å². The number of anilines is 1. The second-order valence-corrected chi connectivity index (χ2v) is 6.09. The average molecular weight is 291 g/mol. The molecule has 1 aromatic rings. The predicted molar refractivity (Wildman–Crippen MR) is 90.4 cm³/mol. The smallest absolute Gasteiger partial charge is 0.104 e. The molecule has 0 unspecified atom stereocenters. The SMILES string of the molecule is CCCN1CCC(Nc2ccc(C(N)=S)c(C)c2)CC1. The van der Waals surface area contributed by atoms with E-state index in [-0.39, 0.29) is 0 Å². The van der Waals surface area contributed by atoms with Crippen LogP contribution >= 0.6 is 12.2 Å². The van der Waals surface area contributed by atoms with Gasteiger partial charge in [0.1, 0.15) is 4.99 Å². The molecule has 0 amide bonds. The molecule has 20 heavy (non-hydrogen) atoms. The second kappa shape index (κ2) is 7.04. The molecule has 0 aliphatic carbocycles. The molecule has 1 fully saturated rings. The zero-order valence-corrected chi connectivity index (χ0v) is 13.3. The zero-order valence-electron chi connectivity index (χ0n) is 12.5. The van der Waals surface area contributed by atoms with E-state index < -0.39 is 0 Å². The van der Waals surface area contributed by atoms with Gasteiger partial charge >= 0.3 is 0 Å². The highest BCUT2D eigenvalue weighted by molar-refractivity contribution is 7.80. The molecule has 0 radical (unpaired) electrons. The summed E-state index contributed by atoms with van der Waals surface area (Å²) in [4.78, 5) is 3.03. The lowest BCUT2D eigenvalue weighted by molar-refractivity contribution is 0.219. The molecule has 1 aliphatic rings. The molecule has 3 nitrogen and oxygen atoms in total. The molecular formula is C16H25N3S. The van der Waals surface area contributed by atoms with Gasteiger partial charge in [-0.05, 0) is 56.5 Å². The van der Waals surface area contributed by atoms with Crippen molar-refractivity contribution in [2.24, 2.45) is 5.73 Å². The Morgan fingerprint density at radius 1 is 1.40 bits per heavy atom. The molecule has 1 heterocycles. The van der Waals surface area contributed by atoms with Crippen molar-refractivity contribution in [3.05, 3.63) is 29.3 Å². The van der Waals surface area contributed by atoms with Crippen LogP contribution in [0.5, 0.6) is 0 Å². The molecule has 2 rings (SSSR count). The fourth-order valence-corrected chi connectivity index (χ4v) is 3.11. The monoisotopic (exact) mass is 291 g/mol. The maximum atomic E-state index is 5.70. The van der Waals surface area contributed by atoms with Gasteiger partial charge in [-0.3, -0.25) is 0 Å². The number of aryl methyl sites for hydroxylation is 1. The number of hydrogen-bond acceptors (Lipinski definition) is 3. The van der Waals surface area contributed by atoms with Gasteiger partial charge in [0.25, 0.3) is 0 Å². The van der Waals surface area contributed by atoms with Crippen LogP contribution in [0.3, 0.4) is 0 Å². The summed E-state index contributed by atoms with van der Waals surface area (Å²) in [7, 11) is 0. The number of hydrogen-bond donors (Lipinski definition) is 2. The molecule has 0 saturated carbocycles. The molecule has 0 bridgehead atoms. The first kappa shape index (κ1) is 15.3. The number of rotatable bonds is 5. The lowest BCUT2D eigenvalue weighted by Crippen LogP contribution is -2.39. The van der Waals surface area contributed by atoms with Crippen molar-refractivity contribution in [3.8, 4) is 0 Å². The molecule has 3 N–H and O–H groups in total. The molecule has 0 atom stereocenters. The van der Waals surface area contributed by atoms with Crippen molar-refractivity contribution in [2.45, 2.75) is 39.2 Å². The van der Waals surface area contributed by atoms with Gasteiger partial charge in [0.2, 0.25) is 0 Å². The Kier molecular flexibility index (Phi) is 5.38. The van der Waals surface area contributed by atoms with Crippen LogP contribution in [0, 0.1) is 6.92 Å². The van der Waals surface area contributed by atoms with E-state index >= 15 is 0 Å². The van der Waals surface area contributed by atoms with Gasteiger partial charge in [0, 0.05) is 30.4 Å². The summed E-state index contributed by atoms with van der Waals surface area (Å²) in [6, 6.07) is 6.83. The normalized spacial score (nSPS) is 17.1. The Hall–Kier alpha value is -1.13. The van der Waals surface area contributed by atoms with Crippen LogP contribution in [0.25, 0.3) is 0 Å². The molecule has 0 spiro atoms. The summed E-state index contributed by atoms with van der Waals surface area (Å²) in [5.74, 6) is 0. The zero-order chi connectivity index (χ0) is 14.5. The van der Waals surface area contributed by atoms with E-state index in [1.807, 2.05) is 6.07 Å². The minimum Gasteiger partial charge on any atom is -0.389 e. The van der Waals surface area contributed by atoms with Gasteiger partial charge in [-0.1, -0.05) is 19.1 Å². The molecule has 1 aromatic carbocycles. The number of nitrogens with two attached hydrogens (primary N) is 1. The third-order valence-electron chi connectivity index (χ3n) is 3.99. The maximum absolute atomic E-state index is 5.70. The highest BCUT2D eigenvalue weighted by Gasteiger charge is 2.18. The van der Waals surface area contributed by atoms with Crippen LogP contribution in [0.2, 0.25) is 0 Å². The molecular weight excluding hydrogens is 266 g/mol. The van der Waals surface area contributed by atoms with Crippen molar-refractivity contribution >= 4 is 22.9 Å². The quantitative estimate of drug-likeness (QED) is 0.819. The minimum atomic E-state index is 0.474. The van der Waals surface area contributed by atoms with E-state index in [0.717, 1.165) is 11.1 Å². The third-order valence-corrected chi connectivity index (χ3v) is 4.21. The second-order valence-electron chi connectivity index (χ2n) is 5.65. The lowest BCUT2D eigenvalue weighted by Gasteiger charge is -2.32. The van der Waals surface area contributed by atoms with Gasteiger partial charge in [-0.25, -0.2) is 0 Å². The van der Waals surface area contributed by atoms with Gasteiger partial charge in [0.05, 0.1) is 0 Å². The van der Waals surface area contributed by atoms with E-state index in [4.69, 9.17) is 18.0 Å². The first-order chi connectivity index (χ1) is 9.60. The Bertz CT molecular complexity index is 465. The molecule has 110 valence electrons. The van der Waals surface area contributed by atoms with Crippen molar-refractivity contribution < 1.29 is 0 Å². The van der Waals surface area contributed by atoms with Gasteiger partial charge < -0.3 is 16.0 Å². The Morgan fingerprint density at radius 3 is 2.65 bits per heavy atom. The fraction of sp³-hybridized carbons (Fsp3) is 0.562. The first-order valence-electron chi connectivity index (χ1n) is 7.49. The van der Waals surface area contributed by atoms with Gasteiger partial charge in [0.15, 0.2) is 0 Å². The minimum absolute atomic E-state index is 0.474. The number of thiocarbonyl (C=S) groups is 1. The standard InChI is InChI=1S/C16H25N3S/c1-3-8-19-9-6-13(7-10-19)18-14-4-5-15(16(17)20)12(2)11-14/h4-5,11,13,18H,3,6-10H2,1-2H3,(H2,17,20). The Labute approximate surface area is 127 Å². The van der Waals surface area contributed by atoms with Gasteiger partial charge in [-0.2, -0.15) is 0 Å².